The number of rotatable bonds is 11. The Morgan fingerprint density at radius 1 is 0.915 bits per heavy atom. The van der Waals surface area contributed by atoms with Crippen molar-refractivity contribution in [2.45, 2.75) is 127 Å². The largest absolute Gasteiger partial charge is 0.490 e. The van der Waals surface area contributed by atoms with Crippen LogP contribution in [0.3, 0.4) is 0 Å². The average molecular weight is 639 g/mol. The Morgan fingerprint density at radius 3 is 2.15 bits per heavy atom. The number of fused-ring (bicyclic) bond motifs is 1. The molecule has 47 heavy (non-hydrogen) atoms. The van der Waals surface area contributed by atoms with Crippen molar-refractivity contribution in [1.82, 2.24) is 0 Å². The number of carbonyl (C=O) groups is 3. The van der Waals surface area contributed by atoms with Crippen LogP contribution in [0.25, 0.3) is 6.08 Å². The highest BCUT2D eigenvalue weighted by Crippen LogP contribution is 2.65. The maximum Gasteiger partial charge on any atom is 0.200 e. The molecule has 1 aromatic carbocycles. The molecule has 2 bridgehead atoms. The molecule has 1 aliphatic heterocycles. The summed E-state index contributed by atoms with van der Waals surface area (Å²) in [5.41, 5.74) is 3.17. The molecule has 0 N–H and O–H groups in total. The number of allylic oxidation sites excluding steroid dienone is 9. The van der Waals surface area contributed by atoms with Gasteiger partial charge in [-0.05, 0) is 129 Å². The smallest absolute Gasteiger partial charge is 0.200 e. The van der Waals surface area contributed by atoms with Crippen molar-refractivity contribution in [3.8, 4) is 0 Å². The number of Topliss-reactive ketones (excluding diaryl/α,β-unsaturated/α-hetero) is 3. The predicted molar refractivity (Wildman–Crippen MR) is 194 cm³/mol. The van der Waals surface area contributed by atoms with Crippen molar-refractivity contribution in [2.24, 2.45) is 28.6 Å². The van der Waals surface area contributed by atoms with Crippen LogP contribution in [0.4, 0.5) is 0 Å². The van der Waals surface area contributed by atoms with Crippen LogP contribution < -0.4 is 0 Å². The van der Waals surface area contributed by atoms with E-state index in [2.05, 4.69) is 72.8 Å². The summed E-state index contributed by atoms with van der Waals surface area (Å²) < 4.78 is 6.96. The fraction of sp³-hybridized carbons (Fsp3) is 0.558. The second-order valence-corrected chi connectivity index (χ2v) is 15.7. The first-order valence-corrected chi connectivity index (χ1v) is 17.8. The second kappa shape index (κ2) is 14.1. The van der Waals surface area contributed by atoms with Gasteiger partial charge in [0.15, 0.2) is 17.3 Å². The molecule has 4 nitrogen and oxygen atoms in total. The number of hydrogen-bond acceptors (Lipinski definition) is 4. The van der Waals surface area contributed by atoms with Crippen LogP contribution in [0, 0.1) is 28.6 Å². The van der Waals surface area contributed by atoms with Gasteiger partial charge in [0, 0.05) is 11.5 Å². The molecular formula is C43H58O4. The summed E-state index contributed by atoms with van der Waals surface area (Å²) in [7, 11) is 0. The van der Waals surface area contributed by atoms with E-state index in [1.54, 1.807) is 0 Å². The average Bonchev–Trinajstić information content (AvgIpc) is 3.00. The minimum absolute atomic E-state index is 0.0365. The van der Waals surface area contributed by atoms with Crippen molar-refractivity contribution >= 4 is 23.4 Å². The van der Waals surface area contributed by atoms with Crippen LogP contribution in [-0.2, 0) is 20.7 Å². The van der Waals surface area contributed by atoms with Crippen molar-refractivity contribution in [3.05, 3.63) is 87.2 Å². The van der Waals surface area contributed by atoms with Crippen molar-refractivity contribution in [2.75, 3.05) is 0 Å². The summed E-state index contributed by atoms with van der Waals surface area (Å²) in [5, 5.41) is 0. The lowest BCUT2D eigenvalue weighted by atomic mass is 9.43. The molecule has 5 atom stereocenters. The zero-order chi connectivity index (χ0) is 34.9. The molecule has 2 aliphatic carbocycles. The molecule has 4 heteroatoms. The van der Waals surface area contributed by atoms with Gasteiger partial charge in [0.1, 0.15) is 16.9 Å². The Bertz CT molecular complexity index is 1560. The van der Waals surface area contributed by atoms with Gasteiger partial charge in [0.25, 0.3) is 0 Å². The third-order valence-corrected chi connectivity index (χ3v) is 11.2. The molecule has 4 rings (SSSR count). The van der Waals surface area contributed by atoms with Crippen LogP contribution >= 0.6 is 0 Å². The zero-order valence-corrected chi connectivity index (χ0v) is 30.9. The third kappa shape index (κ3) is 6.72. The maximum atomic E-state index is 15.3. The van der Waals surface area contributed by atoms with Crippen LogP contribution in [0.5, 0.6) is 0 Å². The molecule has 0 amide bonds. The molecule has 0 unspecified atom stereocenters. The molecule has 1 spiro atoms. The highest BCUT2D eigenvalue weighted by atomic mass is 16.5. The monoisotopic (exact) mass is 638 g/mol. The molecule has 0 radical (unpaired) electrons. The van der Waals surface area contributed by atoms with E-state index in [1.165, 1.54) is 11.1 Å². The van der Waals surface area contributed by atoms with Gasteiger partial charge < -0.3 is 4.74 Å². The number of benzene rings is 1. The normalized spacial score (nSPS) is 28.0. The van der Waals surface area contributed by atoms with E-state index < -0.39 is 16.4 Å². The summed E-state index contributed by atoms with van der Waals surface area (Å²) in [6, 6.07) is 5.77. The molecule has 254 valence electrons. The second-order valence-electron chi connectivity index (χ2n) is 15.7. The van der Waals surface area contributed by atoms with E-state index >= 15 is 9.59 Å². The molecule has 1 saturated heterocycles. The van der Waals surface area contributed by atoms with E-state index in [0.29, 0.717) is 30.6 Å². The predicted octanol–water partition coefficient (Wildman–Crippen LogP) is 10.8. The highest BCUT2D eigenvalue weighted by molar-refractivity contribution is 6.35. The van der Waals surface area contributed by atoms with E-state index in [9.17, 15) is 4.79 Å². The van der Waals surface area contributed by atoms with E-state index in [1.807, 2.05) is 52.0 Å². The first-order valence-electron chi connectivity index (χ1n) is 17.8. The van der Waals surface area contributed by atoms with Crippen molar-refractivity contribution in [3.63, 3.8) is 0 Å². The van der Waals surface area contributed by atoms with Gasteiger partial charge in [-0.1, -0.05) is 80.0 Å². The van der Waals surface area contributed by atoms with E-state index in [0.717, 1.165) is 42.4 Å². The van der Waals surface area contributed by atoms with Gasteiger partial charge in [-0.2, -0.15) is 0 Å². The fourth-order valence-electron chi connectivity index (χ4n) is 8.22. The number of hydrogen-bond donors (Lipinski definition) is 0. The number of ether oxygens (including phenoxy) is 1. The van der Waals surface area contributed by atoms with E-state index in [-0.39, 0.29) is 40.7 Å². The SMILES string of the molecule is CC/C=C\c1cc(C(=O)C2=C3OC(C)(C)[C@@H](CC=C(C)C)C[C@@]34C[C@@H](CC=C(C)C)[C@H](C)[C@@](CC=C(C)C)(C2=O)C4=O)ccc1CC. The summed E-state index contributed by atoms with van der Waals surface area (Å²) in [4.78, 5) is 45.5. The summed E-state index contributed by atoms with van der Waals surface area (Å²) in [6.45, 7) is 22.8. The zero-order valence-electron chi connectivity index (χ0n) is 30.9. The molecule has 3 aliphatic rings. The molecular weight excluding hydrogens is 580 g/mol. The Kier molecular flexibility index (Phi) is 10.9. The van der Waals surface area contributed by atoms with Crippen LogP contribution in [0.1, 0.15) is 136 Å². The lowest BCUT2D eigenvalue weighted by Gasteiger charge is -2.60. The third-order valence-electron chi connectivity index (χ3n) is 11.2. The summed E-state index contributed by atoms with van der Waals surface area (Å²) >= 11 is 0. The van der Waals surface area contributed by atoms with Crippen LogP contribution in [-0.4, -0.2) is 23.0 Å². The topological polar surface area (TPSA) is 60.4 Å². The van der Waals surface area contributed by atoms with Gasteiger partial charge in [-0.15, -0.1) is 0 Å². The molecule has 1 saturated carbocycles. The van der Waals surface area contributed by atoms with E-state index in [4.69, 9.17) is 4.74 Å². The Labute approximate surface area is 284 Å². The lowest BCUT2D eigenvalue weighted by Crippen LogP contribution is -2.66. The number of aryl methyl sites for hydroxylation is 1. The van der Waals surface area contributed by atoms with Crippen LogP contribution in [0.2, 0.25) is 0 Å². The van der Waals surface area contributed by atoms with Gasteiger partial charge >= 0.3 is 0 Å². The molecule has 1 aromatic rings. The Balaban J connectivity index is 2.05. The minimum atomic E-state index is -1.33. The van der Waals surface area contributed by atoms with Gasteiger partial charge in [-0.3, -0.25) is 14.4 Å². The van der Waals surface area contributed by atoms with Gasteiger partial charge in [0.05, 0.1) is 10.8 Å². The number of ketones is 3. The Hall–Kier alpha value is -3.27. The summed E-state index contributed by atoms with van der Waals surface area (Å²) in [6.07, 6.45) is 15.4. The van der Waals surface area contributed by atoms with Gasteiger partial charge in [0.2, 0.25) is 0 Å². The minimum Gasteiger partial charge on any atom is -0.490 e. The molecule has 1 heterocycles. The Morgan fingerprint density at radius 2 is 1.55 bits per heavy atom. The molecule has 0 aromatic heterocycles. The first-order chi connectivity index (χ1) is 22.0. The lowest BCUT2D eigenvalue weighted by molar-refractivity contribution is -0.178. The van der Waals surface area contributed by atoms with Crippen LogP contribution in [0.15, 0.2) is 70.6 Å². The quantitative estimate of drug-likeness (QED) is 0.105. The van der Waals surface area contributed by atoms with Crippen molar-refractivity contribution in [1.29, 1.82) is 0 Å². The first kappa shape index (κ1) is 36.6. The standard InChI is InChI=1S/C43H58O4/c1-12-14-15-32-24-33(20-19-31(32)13-2)37(44)36-38(45)43(23-22-29(7)8)30(9)34(18-16-27(3)4)25-42(40(43)46)26-35(21-17-28(5)6)41(10,11)47-39(36)42/h14-17,19-20,22,24,30,34-35H,12-13,18,21,23,25-26H2,1-11H3/b15-14-/t30-,34+,35-,42-,43-/m0/s1. The highest BCUT2D eigenvalue weighted by Gasteiger charge is 2.71. The van der Waals surface area contributed by atoms with Crippen molar-refractivity contribution < 1.29 is 19.1 Å². The number of carbonyl (C=O) groups excluding carboxylic acids is 3. The molecule has 2 fully saturated rings. The van der Waals surface area contributed by atoms with Gasteiger partial charge in [-0.25, -0.2) is 0 Å². The summed E-state index contributed by atoms with van der Waals surface area (Å²) in [5.74, 6) is -0.483. The maximum absolute atomic E-state index is 15.3. The fourth-order valence-corrected chi connectivity index (χ4v) is 8.22.